The van der Waals surface area contributed by atoms with Crippen LogP contribution < -0.4 is 5.32 Å². The van der Waals surface area contributed by atoms with Crippen molar-refractivity contribution in [1.82, 2.24) is 14.9 Å². The lowest BCUT2D eigenvalue weighted by atomic mass is 9.76. The number of rotatable bonds is 4. The highest BCUT2D eigenvalue weighted by Crippen LogP contribution is 2.55. The monoisotopic (exact) mass is 427 g/mol. The molecule has 1 saturated heterocycles. The van der Waals surface area contributed by atoms with E-state index >= 15 is 0 Å². The fourth-order valence-electron chi connectivity index (χ4n) is 4.43. The Hall–Kier alpha value is -0.920. The number of aryl methyl sites for hydroxylation is 1. The van der Waals surface area contributed by atoms with Crippen molar-refractivity contribution in [2.24, 2.45) is 12.5 Å². The van der Waals surface area contributed by atoms with Gasteiger partial charge in [-0.25, -0.2) is 9.78 Å². The van der Waals surface area contributed by atoms with E-state index in [1.807, 2.05) is 38.6 Å². The maximum Gasteiger partial charge on any atom is 0.332 e. The van der Waals surface area contributed by atoms with Crippen LogP contribution in [0.25, 0.3) is 0 Å². The molecule has 1 spiro atoms. The first-order valence-electron chi connectivity index (χ1n) is 9.39. The number of hydrogen-bond donors (Lipinski definition) is 1. The molecule has 1 atom stereocenters. The average Bonchev–Trinajstić information content (AvgIpc) is 3.06. The molecule has 0 aromatic carbocycles. The Morgan fingerprint density at radius 2 is 2.00 bits per heavy atom. The van der Waals surface area contributed by atoms with Gasteiger partial charge in [0.1, 0.15) is 28.2 Å². The number of imidazole rings is 1. The summed E-state index contributed by atoms with van der Waals surface area (Å²) in [6.45, 7) is 7.66. The van der Waals surface area contributed by atoms with Gasteiger partial charge in [0.15, 0.2) is 0 Å². The van der Waals surface area contributed by atoms with E-state index in [-0.39, 0.29) is 18.0 Å². The van der Waals surface area contributed by atoms with Crippen LogP contribution >= 0.6 is 15.9 Å². The molecule has 0 bridgehead atoms. The maximum atomic E-state index is 12.3. The molecule has 2 fully saturated rings. The highest BCUT2D eigenvalue weighted by Gasteiger charge is 2.52. The molecule has 7 heteroatoms. The molecule has 6 nitrogen and oxygen atoms in total. The second kappa shape index (κ2) is 7.24. The summed E-state index contributed by atoms with van der Waals surface area (Å²) in [7, 11) is 1.99. The Kier molecular flexibility index (Phi) is 5.53. The van der Waals surface area contributed by atoms with Crippen molar-refractivity contribution in [3.63, 3.8) is 0 Å². The summed E-state index contributed by atoms with van der Waals surface area (Å²) in [5.41, 5.74) is -0.765. The molecule has 0 radical (unpaired) electrons. The van der Waals surface area contributed by atoms with Gasteiger partial charge in [-0.15, -0.1) is 0 Å². The number of piperidine rings is 1. The fraction of sp³-hybridized carbons (Fsp3) is 0.789. The number of carbonyl (C=O) groups is 1. The Morgan fingerprint density at radius 3 is 2.58 bits per heavy atom. The number of esters is 1. The van der Waals surface area contributed by atoms with E-state index in [1.54, 1.807) is 0 Å². The van der Waals surface area contributed by atoms with Crippen molar-refractivity contribution >= 4 is 21.9 Å². The second-order valence-corrected chi connectivity index (χ2v) is 9.61. The molecule has 1 aliphatic heterocycles. The molecule has 1 unspecified atom stereocenters. The molecule has 1 aromatic rings. The highest BCUT2D eigenvalue weighted by atomic mass is 79.9. The van der Waals surface area contributed by atoms with Crippen LogP contribution in [-0.2, 0) is 26.9 Å². The Balaban J connectivity index is 1.81. The van der Waals surface area contributed by atoms with Gasteiger partial charge in [0.05, 0.1) is 0 Å². The maximum absolute atomic E-state index is 12.3. The lowest BCUT2D eigenvalue weighted by Gasteiger charge is -2.36. The molecule has 146 valence electrons. The topological polar surface area (TPSA) is 65.4 Å². The van der Waals surface area contributed by atoms with Crippen molar-refractivity contribution in [3.05, 3.63) is 16.6 Å². The molecule has 3 rings (SSSR count). The van der Waals surface area contributed by atoms with E-state index in [0.29, 0.717) is 0 Å². The van der Waals surface area contributed by atoms with Gasteiger partial charge < -0.3 is 19.4 Å². The van der Waals surface area contributed by atoms with Crippen LogP contribution in [0, 0.1) is 5.41 Å². The normalized spacial score (nSPS) is 25.6. The fourth-order valence-corrected chi connectivity index (χ4v) is 4.91. The third kappa shape index (κ3) is 4.31. The number of nitrogens with one attached hydrogen (secondary N) is 1. The van der Waals surface area contributed by atoms with Crippen molar-refractivity contribution in [1.29, 1.82) is 0 Å². The van der Waals surface area contributed by atoms with Crippen LogP contribution in [0.2, 0.25) is 0 Å². The minimum Gasteiger partial charge on any atom is -0.458 e. The zero-order valence-electron chi connectivity index (χ0n) is 16.2. The van der Waals surface area contributed by atoms with E-state index in [4.69, 9.17) is 9.47 Å². The van der Waals surface area contributed by atoms with Crippen molar-refractivity contribution in [2.45, 2.75) is 64.1 Å². The van der Waals surface area contributed by atoms with Crippen molar-refractivity contribution in [2.75, 3.05) is 19.7 Å². The number of carbonyl (C=O) groups excluding carboxylic acids is 1. The van der Waals surface area contributed by atoms with Crippen LogP contribution in [0.5, 0.6) is 0 Å². The molecule has 2 aliphatic rings. The third-order valence-corrected chi connectivity index (χ3v) is 5.91. The standard InChI is InChI=1S/C19H30BrN3O3/c1-17(2,3)26-15(24)12-25-19(16-22-14(20)11-23(16)4)6-5-18(13-19)7-9-21-10-8-18/h11,21H,5-10,12-13H2,1-4H3. The molecule has 1 aromatic heterocycles. The number of hydrogen-bond acceptors (Lipinski definition) is 5. The van der Waals surface area contributed by atoms with Gasteiger partial charge in [-0.2, -0.15) is 0 Å². The van der Waals surface area contributed by atoms with Gasteiger partial charge in [-0.05, 0) is 87.3 Å². The number of aromatic nitrogens is 2. The predicted octanol–water partition coefficient (Wildman–Crippen LogP) is 3.29. The molecule has 0 amide bonds. The second-order valence-electron chi connectivity index (χ2n) is 8.79. The van der Waals surface area contributed by atoms with Gasteiger partial charge in [0, 0.05) is 13.2 Å². The van der Waals surface area contributed by atoms with Gasteiger partial charge in [-0.1, -0.05) is 0 Å². The largest absolute Gasteiger partial charge is 0.458 e. The number of halogens is 1. The number of ether oxygens (including phenoxy) is 2. The highest BCUT2D eigenvalue weighted by molar-refractivity contribution is 9.10. The summed E-state index contributed by atoms with van der Waals surface area (Å²) >= 11 is 3.47. The Bertz CT molecular complexity index is 661. The zero-order valence-corrected chi connectivity index (χ0v) is 17.8. The molecular formula is C19H30BrN3O3. The lowest BCUT2D eigenvalue weighted by molar-refractivity contribution is -0.169. The molecular weight excluding hydrogens is 398 g/mol. The van der Waals surface area contributed by atoms with Gasteiger partial charge in [0.25, 0.3) is 0 Å². The minimum atomic E-state index is -0.533. The van der Waals surface area contributed by atoms with Crippen LogP contribution in [0.15, 0.2) is 10.8 Å². The molecule has 26 heavy (non-hydrogen) atoms. The Morgan fingerprint density at radius 1 is 1.31 bits per heavy atom. The van der Waals surface area contributed by atoms with Gasteiger partial charge in [0.2, 0.25) is 0 Å². The van der Waals surface area contributed by atoms with E-state index in [0.717, 1.165) is 55.6 Å². The smallest absolute Gasteiger partial charge is 0.332 e. The molecule has 1 saturated carbocycles. The Labute approximate surface area is 164 Å². The first-order valence-corrected chi connectivity index (χ1v) is 10.2. The minimum absolute atomic E-state index is 0.0456. The van der Waals surface area contributed by atoms with Crippen LogP contribution in [0.3, 0.4) is 0 Å². The van der Waals surface area contributed by atoms with E-state index < -0.39 is 11.2 Å². The number of nitrogens with zero attached hydrogens (tertiary/aromatic N) is 2. The summed E-state index contributed by atoms with van der Waals surface area (Å²) in [6, 6.07) is 0. The summed E-state index contributed by atoms with van der Waals surface area (Å²) in [4.78, 5) is 16.9. The lowest BCUT2D eigenvalue weighted by Crippen LogP contribution is -2.39. The van der Waals surface area contributed by atoms with E-state index in [1.165, 1.54) is 0 Å². The molecule has 1 aliphatic carbocycles. The first-order chi connectivity index (χ1) is 12.1. The van der Waals surface area contributed by atoms with E-state index in [2.05, 4.69) is 26.2 Å². The summed E-state index contributed by atoms with van der Waals surface area (Å²) in [6.07, 6.45) is 7.13. The van der Waals surface area contributed by atoms with Crippen LogP contribution in [0.4, 0.5) is 0 Å². The molecule has 1 N–H and O–H groups in total. The van der Waals surface area contributed by atoms with Gasteiger partial charge >= 0.3 is 5.97 Å². The quantitative estimate of drug-likeness (QED) is 0.746. The van der Waals surface area contributed by atoms with Gasteiger partial charge in [-0.3, -0.25) is 0 Å². The van der Waals surface area contributed by atoms with Crippen LogP contribution in [-0.4, -0.2) is 40.8 Å². The van der Waals surface area contributed by atoms with Crippen molar-refractivity contribution < 1.29 is 14.3 Å². The summed E-state index contributed by atoms with van der Waals surface area (Å²) < 4.78 is 14.6. The molecule has 2 heterocycles. The first kappa shape index (κ1) is 19.8. The summed E-state index contributed by atoms with van der Waals surface area (Å²) in [5.74, 6) is 0.569. The predicted molar refractivity (Wildman–Crippen MR) is 103 cm³/mol. The zero-order chi connectivity index (χ0) is 19.0. The van der Waals surface area contributed by atoms with E-state index in [9.17, 15) is 4.79 Å². The average molecular weight is 428 g/mol. The van der Waals surface area contributed by atoms with Crippen molar-refractivity contribution in [3.8, 4) is 0 Å². The SMILES string of the molecule is Cn1cc(Br)nc1C1(OCC(=O)OC(C)(C)C)CCC2(CCNCC2)C1. The third-order valence-electron chi connectivity index (χ3n) is 5.52. The van der Waals surface area contributed by atoms with Crippen LogP contribution in [0.1, 0.15) is 58.7 Å². The summed E-state index contributed by atoms with van der Waals surface area (Å²) in [5, 5.41) is 3.45.